The topological polar surface area (TPSA) is 112 Å². The number of rotatable bonds is 6. The molecule has 4 aromatic rings. The van der Waals surface area contributed by atoms with Crippen LogP contribution in [0.15, 0.2) is 50.4 Å². The molecule has 2 aromatic heterocycles. The van der Waals surface area contributed by atoms with Crippen LogP contribution in [0.25, 0.3) is 11.0 Å². The van der Waals surface area contributed by atoms with Gasteiger partial charge in [-0.25, -0.2) is 8.42 Å². The van der Waals surface area contributed by atoms with Gasteiger partial charge in [-0.1, -0.05) is 12.1 Å². The first kappa shape index (κ1) is 28.4. The quantitative estimate of drug-likeness (QED) is 0.196. The second-order valence-corrected chi connectivity index (χ2v) is 14.9. The zero-order valence-electron chi connectivity index (χ0n) is 23.3. The van der Waals surface area contributed by atoms with Crippen molar-refractivity contribution < 1.29 is 13.2 Å². The lowest BCUT2D eigenvalue weighted by Gasteiger charge is -2.25. The second kappa shape index (κ2) is 10.9. The van der Waals surface area contributed by atoms with Gasteiger partial charge in [-0.05, 0) is 127 Å². The number of nitrogens with one attached hydrogen (secondary N) is 3. The van der Waals surface area contributed by atoms with Crippen molar-refractivity contribution in [3.05, 3.63) is 56.6 Å². The first-order valence-corrected chi connectivity index (χ1v) is 16.8. The van der Waals surface area contributed by atoms with Crippen molar-refractivity contribution >= 4 is 75.9 Å². The average molecular weight is 704 g/mol. The monoisotopic (exact) mass is 702 g/mol. The Balaban J connectivity index is 1.46. The molecule has 2 aliphatic rings. The summed E-state index contributed by atoms with van der Waals surface area (Å²) in [5.41, 5.74) is 4.49. The summed E-state index contributed by atoms with van der Waals surface area (Å²) >= 11 is 7.20. The molecule has 4 heterocycles. The number of sulfone groups is 1. The van der Waals surface area contributed by atoms with Gasteiger partial charge in [0.1, 0.15) is 17.2 Å². The Hall–Kier alpha value is -2.67. The van der Waals surface area contributed by atoms with Gasteiger partial charge < -0.3 is 20.4 Å². The number of halogens is 2. The highest BCUT2D eigenvalue weighted by molar-refractivity contribution is 9.13. The number of aromatic amines is 1. The Kier molecular flexibility index (Phi) is 7.54. The Bertz CT molecular complexity index is 1750. The van der Waals surface area contributed by atoms with E-state index in [9.17, 15) is 8.42 Å². The third-order valence-electron chi connectivity index (χ3n) is 7.87. The fourth-order valence-corrected chi connectivity index (χ4v) is 7.72. The highest BCUT2D eigenvalue weighted by atomic mass is 79.9. The first-order chi connectivity index (χ1) is 19.6. The SMILES string of the molecule is Cc1cc2c(cc1C1CCNCC1)OC(C)N2c1nc(Nc2ccccc2S(=O)(=O)C(C)C)c2c(Br)c(Br)[nH]c2n1. The van der Waals surface area contributed by atoms with Crippen LogP contribution < -0.4 is 20.3 Å². The van der Waals surface area contributed by atoms with Gasteiger partial charge in [-0.3, -0.25) is 4.90 Å². The number of nitrogens with zero attached hydrogens (tertiary/aromatic N) is 3. The highest BCUT2D eigenvalue weighted by Crippen LogP contribution is 2.46. The van der Waals surface area contributed by atoms with E-state index in [-0.39, 0.29) is 11.1 Å². The van der Waals surface area contributed by atoms with Gasteiger partial charge in [0.05, 0.1) is 36.0 Å². The molecule has 0 amide bonds. The molecule has 1 atom stereocenters. The molecule has 2 aliphatic heterocycles. The average Bonchev–Trinajstić information content (AvgIpc) is 3.42. The summed E-state index contributed by atoms with van der Waals surface area (Å²) in [6.45, 7) is 9.54. The molecule has 1 fully saturated rings. The standard InChI is InChI=1S/C29H32Br2N6O3S/c1-15(2)41(38,39)23-8-6-5-7-20(23)33-27-24-25(30)26(31)34-28(24)36-29(35-27)37-17(4)40-22-14-19(16(3)13-21(22)37)18-9-11-32-12-10-18/h5-8,13-15,17-18,32H,9-12H2,1-4H3,(H2,33,34,35,36). The highest BCUT2D eigenvalue weighted by Gasteiger charge is 2.34. The maximum Gasteiger partial charge on any atom is 0.237 e. The van der Waals surface area contributed by atoms with Crippen LogP contribution in [-0.2, 0) is 9.84 Å². The minimum absolute atomic E-state index is 0.221. The van der Waals surface area contributed by atoms with E-state index in [1.807, 2.05) is 11.8 Å². The smallest absolute Gasteiger partial charge is 0.237 e. The van der Waals surface area contributed by atoms with E-state index >= 15 is 0 Å². The number of hydrogen-bond donors (Lipinski definition) is 3. The largest absolute Gasteiger partial charge is 0.468 e. The maximum atomic E-state index is 13.2. The number of benzene rings is 2. The maximum absolute atomic E-state index is 13.2. The Morgan fingerprint density at radius 1 is 1.12 bits per heavy atom. The van der Waals surface area contributed by atoms with Crippen LogP contribution >= 0.6 is 31.9 Å². The molecule has 1 saturated heterocycles. The van der Waals surface area contributed by atoms with Gasteiger partial charge in [0.25, 0.3) is 0 Å². The van der Waals surface area contributed by atoms with Crippen molar-refractivity contribution in [3.8, 4) is 5.75 Å². The zero-order chi connectivity index (χ0) is 29.1. The molecule has 6 rings (SSSR count). The van der Waals surface area contributed by atoms with Crippen LogP contribution in [0.3, 0.4) is 0 Å². The van der Waals surface area contributed by atoms with E-state index in [2.05, 4.69) is 66.5 Å². The summed E-state index contributed by atoms with van der Waals surface area (Å²) in [6.07, 6.45) is 1.88. The van der Waals surface area contributed by atoms with Crippen LogP contribution in [0.1, 0.15) is 50.7 Å². The predicted molar refractivity (Wildman–Crippen MR) is 170 cm³/mol. The molecule has 0 radical (unpaired) electrons. The first-order valence-electron chi connectivity index (χ1n) is 13.7. The number of ether oxygens (including phenoxy) is 1. The third kappa shape index (κ3) is 5.02. The van der Waals surface area contributed by atoms with Crippen molar-refractivity contribution in [2.24, 2.45) is 0 Å². The molecule has 41 heavy (non-hydrogen) atoms. The van der Waals surface area contributed by atoms with Crippen molar-refractivity contribution in [3.63, 3.8) is 0 Å². The van der Waals surface area contributed by atoms with E-state index in [1.165, 1.54) is 11.1 Å². The minimum atomic E-state index is -3.55. The molecule has 0 aliphatic carbocycles. The zero-order valence-corrected chi connectivity index (χ0v) is 27.2. The molecule has 0 spiro atoms. The molecule has 1 unspecified atom stereocenters. The van der Waals surface area contributed by atoms with Crippen LogP contribution in [0, 0.1) is 6.92 Å². The molecule has 0 bridgehead atoms. The molecule has 12 heteroatoms. The van der Waals surface area contributed by atoms with E-state index < -0.39 is 15.1 Å². The fraction of sp³-hybridized carbons (Fsp3) is 0.379. The van der Waals surface area contributed by atoms with E-state index in [1.54, 1.807) is 38.1 Å². The Labute approximate surface area is 256 Å². The van der Waals surface area contributed by atoms with Gasteiger partial charge in [-0.2, -0.15) is 9.97 Å². The van der Waals surface area contributed by atoms with Crippen LogP contribution in [0.4, 0.5) is 23.1 Å². The van der Waals surface area contributed by atoms with Crippen molar-refractivity contribution in [1.29, 1.82) is 0 Å². The third-order valence-corrected chi connectivity index (χ3v) is 12.0. The molecule has 2 aromatic carbocycles. The summed E-state index contributed by atoms with van der Waals surface area (Å²) < 4.78 is 34.2. The van der Waals surface area contributed by atoms with Crippen LogP contribution in [0.2, 0.25) is 0 Å². The minimum Gasteiger partial charge on any atom is -0.468 e. The number of para-hydroxylation sites is 1. The van der Waals surface area contributed by atoms with Crippen LogP contribution in [0.5, 0.6) is 5.75 Å². The lowest BCUT2D eigenvalue weighted by Crippen LogP contribution is -2.29. The second-order valence-electron chi connectivity index (χ2n) is 10.9. The molecule has 9 nitrogen and oxygen atoms in total. The van der Waals surface area contributed by atoms with Gasteiger partial charge in [0.2, 0.25) is 5.95 Å². The molecular formula is C29H32Br2N6O3S. The molecule has 216 valence electrons. The van der Waals surface area contributed by atoms with Gasteiger partial charge in [0.15, 0.2) is 16.1 Å². The summed E-state index contributed by atoms with van der Waals surface area (Å²) in [5.74, 6) is 2.23. The number of hydrogen-bond acceptors (Lipinski definition) is 8. The van der Waals surface area contributed by atoms with Crippen molar-refractivity contribution in [2.45, 2.75) is 62.8 Å². The number of anilines is 4. The summed E-state index contributed by atoms with van der Waals surface area (Å²) in [7, 11) is -3.55. The van der Waals surface area contributed by atoms with E-state index in [0.717, 1.165) is 41.8 Å². The van der Waals surface area contributed by atoms with Crippen LogP contribution in [-0.4, -0.2) is 47.9 Å². The fourth-order valence-electron chi connectivity index (χ4n) is 5.66. The number of fused-ring (bicyclic) bond motifs is 2. The van der Waals surface area contributed by atoms with Gasteiger partial charge in [0, 0.05) is 0 Å². The summed E-state index contributed by atoms with van der Waals surface area (Å²) in [6, 6.07) is 11.3. The lowest BCUT2D eigenvalue weighted by molar-refractivity contribution is 0.254. The predicted octanol–water partition coefficient (Wildman–Crippen LogP) is 7.06. The Morgan fingerprint density at radius 2 is 1.85 bits per heavy atom. The number of aromatic nitrogens is 3. The van der Waals surface area contributed by atoms with E-state index in [0.29, 0.717) is 39.0 Å². The lowest BCUT2D eigenvalue weighted by atomic mass is 9.87. The van der Waals surface area contributed by atoms with Gasteiger partial charge in [-0.15, -0.1) is 0 Å². The summed E-state index contributed by atoms with van der Waals surface area (Å²) in [5, 5.41) is 6.89. The van der Waals surface area contributed by atoms with Gasteiger partial charge >= 0.3 is 0 Å². The number of H-pyrrole nitrogens is 1. The number of aryl methyl sites for hydroxylation is 1. The number of piperidine rings is 1. The van der Waals surface area contributed by atoms with Crippen molar-refractivity contribution in [1.82, 2.24) is 20.3 Å². The normalized spacial score (nSPS) is 17.7. The van der Waals surface area contributed by atoms with E-state index in [4.69, 9.17) is 14.7 Å². The molecule has 0 saturated carbocycles. The molecular weight excluding hydrogens is 672 g/mol. The molecule has 3 N–H and O–H groups in total. The summed E-state index contributed by atoms with van der Waals surface area (Å²) in [4.78, 5) is 15.3. The Morgan fingerprint density at radius 3 is 2.59 bits per heavy atom. The van der Waals surface area contributed by atoms with Crippen molar-refractivity contribution in [2.75, 3.05) is 23.3 Å².